The SMILES string of the molecule is O=c1n(-c2ccccc2)c(=O)n2n1CC(O[C@H]1CCCC[C@@H]1c1ccccc1)=CC2c1ccccc1. The Morgan fingerprint density at radius 3 is 2.00 bits per heavy atom. The van der Waals surface area contributed by atoms with E-state index in [2.05, 4.69) is 24.3 Å². The van der Waals surface area contributed by atoms with Crippen molar-refractivity contribution in [2.24, 2.45) is 0 Å². The second kappa shape index (κ2) is 9.53. The van der Waals surface area contributed by atoms with Crippen LogP contribution < -0.4 is 11.4 Å². The van der Waals surface area contributed by atoms with E-state index in [0.717, 1.165) is 30.6 Å². The highest BCUT2D eigenvalue weighted by Crippen LogP contribution is 2.37. The predicted molar refractivity (Wildman–Crippen MR) is 139 cm³/mol. The molecule has 182 valence electrons. The highest BCUT2D eigenvalue weighted by Gasteiger charge is 2.33. The Morgan fingerprint density at radius 1 is 0.694 bits per heavy atom. The maximum Gasteiger partial charge on any atom is 0.352 e. The molecule has 0 radical (unpaired) electrons. The molecule has 6 nitrogen and oxygen atoms in total. The van der Waals surface area contributed by atoms with Gasteiger partial charge in [-0.1, -0.05) is 85.3 Å². The molecule has 2 aliphatic rings. The molecule has 1 aliphatic heterocycles. The van der Waals surface area contributed by atoms with Gasteiger partial charge >= 0.3 is 11.4 Å². The molecule has 3 aromatic carbocycles. The zero-order valence-corrected chi connectivity index (χ0v) is 20.1. The summed E-state index contributed by atoms with van der Waals surface area (Å²) in [5.74, 6) is 1.05. The summed E-state index contributed by atoms with van der Waals surface area (Å²) >= 11 is 0. The molecule has 0 amide bonds. The maximum absolute atomic E-state index is 13.6. The summed E-state index contributed by atoms with van der Waals surface area (Å²) in [6.45, 7) is 0.231. The molecule has 3 atom stereocenters. The second-order valence-electron chi connectivity index (χ2n) is 9.58. The molecule has 1 fully saturated rings. The van der Waals surface area contributed by atoms with E-state index in [4.69, 9.17) is 4.74 Å². The molecule has 6 rings (SSSR count). The van der Waals surface area contributed by atoms with Crippen molar-refractivity contribution in [3.8, 4) is 5.69 Å². The number of hydrogen-bond donors (Lipinski definition) is 0. The van der Waals surface area contributed by atoms with Crippen molar-refractivity contribution >= 4 is 0 Å². The van der Waals surface area contributed by atoms with Gasteiger partial charge in [-0.05, 0) is 48.6 Å². The van der Waals surface area contributed by atoms with Crippen LogP contribution in [0.2, 0.25) is 0 Å². The smallest absolute Gasteiger partial charge is 0.352 e. The van der Waals surface area contributed by atoms with Crippen molar-refractivity contribution in [2.45, 2.75) is 50.3 Å². The molecule has 4 aromatic rings. The highest BCUT2D eigenvalue weighted by atomic mass is 16.5. The molecule has 6 heteroatoms. The lowest BCUT2D eigenvalue weighted by molar-refractivity contribution is 0.0499. The molecule has 36 heavy (non-hydrogen) atoms. The van der Waals surface area contributed by atoms with Crippen LogP contribution in [0.25, 0.3) is 5.69 Å². The van der Waals surface area contributed by atoms with Crippen LogP contribution in [-0.2, 0) is 11.3 Å². The normalized spacial score (nSPS) is 21.4. The number of para-hydroxylation sites is 1. The Bertz CT molecular complexity index is 1480. The van der Waals surface area contributed by atoms with E-state index in [-0.39, 0.29) is 24.0 Å². The van der Waals surface area contributed by atoms with E-state index in [1.165, 1.54) is 21.2 Å². The van der Waals surface area contributed by atoms with E-state index in [9.17, 15) is 9.59 Å². The Hall–Kier alpha value is -4.06. The van der Waals surface area contributed by atoms with Crippen molar-refractivity contribution in [2.75, 3.05) is 0 Å². The fourth-order valence-electron chi connectivity index (χ4n) is 5.63. The lowest BCUT2D eigenvalue weighted by Crippen LogP contribution is -2.36. The lowest BCUT2D eigenvalue weighted by Gasteiger charge is -2.34. The third kappa shape index (κ3) is 4.02. The molecule has 1 unspecified atom stereocenters. The minimum atomic E-state index is -0.432. The van der Waals surface area contributed by atoms with Gasteiger partial charge in [-0.2, -0.15) is 0 Å². The molecule has 1 aliphatic carbocycles. The van der Waals surface area contributed by atoms with Crippen LogP contribution in [0.1, 0.15) is 48.8 Å². The van der Waals surface area contributed by atoms with Gasteiger partial charge in [-0.25, -0.2) is 23.5 Å². The summed E-state index contributed by atoms with van der Waals surface area (Å²) in [6, 6.07) is 29.0. The zero-order chi connectivity index (χ0) is 24.5. The standard InChI is InChI=1S/C30H29N3O3/c34-29-31-21-25(36-28-19-11-10-18-26(28)22-12-4-1-5-13-22)20-27(23-14-6-2-7-15-23)33(31)30(35)32(29)24-16-8-3-9-17-24/h1-9,12-17,20,26-28H,10-11,18-19,21H2/t26-,27?,28+/m1/s1. The lowest BCUT2D eigenvalue weighted by atomic mass is 9.81. The van der Waals surface area contributed by atoms with Gasteiger partial charge in [-0.3, -0.25) is 0 Å². The first-order chi connectivity index (χ1) is 17.7. The third-order valence-corrected chi connectivity index (χ3v) is 7.36. The Balaban J connectivity index is 1.41. The molecule has 0 saturated heterocycles. The van der Waals surface area contributed by atoms with E-state index >= 15 is 0 Å². The van der Waals surface area contributed by atoms with E-state index in [0.29, 0.717) is 11.6 Å². The van der Waals surface area contributed by atoms with Crippen LogP contribution in [0.3, 0.4) is 0 Å². The number of aromatic nitrogens is 3. The molecular formula is C30H29N3O3. The fourth-order valence-corrected chi connectivity index (χ4v) is 5.63. The molecule has 2 heterocycles. The minimum Gasteiger partial charge on any atom is -0.492 e. The molecule has 0 N–H and O–H groups in total. The van der Waals surface area contributed by atoms with Gasteiger partial charge in [0.05, 0.1) is 5.69 Å². The number of allylic oxidation sites excluding steroid dienone is 2. The zero-order valence-electron chi connectivity index (χ0n) is 20.1. The predicted octanol–water partition coefficient (Wildman–Crippen LogP) is 5.03. The quantitative estimate of drug-likeness (QED) is 0.403. The average molecular weight is 480 g/mol. The number of hydrogen-bond acceptors (Lipinski definition) is 3. The molecule has 1 aromatic heterocycles. The summed E-state index contributed by atoms with van der Waals surface area (Å²) in [5.41, 5.74) is 2.08. The fraction of sp³-hybridized carbons (Fsp3) is 0.267. The van der Waals surface area contributed by atoms with Crippen LogP contribution in [0.5, 0.6) is 0 Å². The summed E-state index contributed by atoms with van der Waals surface area (Å²) in [4.78, 5) is 27.1. The Morgan fingerprint density at radius 2 is 1.31 bits per heavy atom. The maximum atomic E-state index is 13.6. The third-order valence-electron chi connectivity index (χ3n) is 7.36. The van der Waals surface area contributed by atoms with Gasteiger partial charge < -0.3 is 4.74 Å². The summed E-state index contributed by atoms with van der Waals surface area (Å²) in [5, 5.41) is 0. The summed E-state index contributed by atoms with van der Waals surface area (Å²) < 4.78 is 11.0. The first kappa shape index (κ1) is 22.4. The molecule has 0 spiro atoms. The number of fused-ring (bicyclic) bond motifs is 1. The largest absolute Gasteiger partial charge is 0.492 e. The van der Waals surface area contributed by atoms with Crippen molar-refractivity contribution in [1.82, 2.24) is 13.9 Å². The van der Waals surface area contributed by atoms with Gasteiger partial charge in [0.25, 0.3) is 0 Å². The number of nitrogens with zero attached hydrogens (tertiary/aromatic N) is 3. The molecule has 1 saturated carbocycles. The van der Waals surface area contributed by atoms with E-state index < -0.39 is 6.04 Å². The van der Waals surface area contributed by atoms with Crippen LogP contribution >= 0.6 is 0 Å². The summed E-state index contributed by atoms with van der Waals surface area (Å²) in [6.07, 6.45) is 6.41. The summed E-state index contributed by atoms with van der Waals surface area (Å²) in [7, 11) is 0. The highest BCUT2D eigenvalue weighted by molar-refractivity contribution is 5.32. The Kier molecular flexibility index (Phi) is 5.93. The Labute approximate surface area is 209 Å². The van der Waals surface area contributed by atoms with Crippen molar-refractivity contribution in [3.63, 3.8) is 0 Å². The topological polar surface area (TPSA) is 58.2 Å². The molecule has 0 bridgehead atoms. The van der Waals surface area contributed by atoms with Crippen LogP contribution in [-0.4, -0.2) is 20.0 Å². The average Bonchev–Trinajstić information content (AvgIpc) is 3.19. The van der Waals surface area contributed by atoms with Crippen molar-refractivity contribution < 1.29 is 4.74 Å². The first-order valence-corrected chi connectivity index (χ1v) is 12.7. The van der Waals surface area contributed by atoms with Gasteiger partial charge in [0.2, 0.25) is 0 Å². The van der Waals surface area contributed by atoms with Gasteiger partial charge in [0.1, 0.15) is 24.4 Å². The first-order valence-electron chi connectivity index (χ1n) is 12.7. The van der Waals surface area contributed by atoms with Gasteiger partial charge in [0, 0.05) is 5.92 Å². The number of benzene rings is 3. The van der Waals surface area contributed by atoms with Crippen LogP contribution in [0.15, 0.2) is 112 Å². The molecular weight excluding hydrogens is 450 g/mol. The van der Waals surface area contributed by atoms with Crippen molar-refractivity contribution in [3.05, 3.63) is 135 Å². The monoisotopic (exact) mass is 479 g/mol. The van der Waals surface area contributed by atoms with E-state index in [1.807, 2.05) is 60.7 Å². The van der Waals surface area contributed by atoms with Gasteiger partial charge in [0.15, 0.2) is 0 Å². The number of rotatable bonds is 5. The van der Waals surface area contributed by atoms with Crippen LogP contribution in [0, 0.1) is 0 Å². The second-order valence-corrected chi connectivity index (χ2v) is 9.58. The van der Waals surface area contributed by atoms with E-state index in [1.54, 1.807) is 16.8 Å². The minimum absolute atomic E-state index is 0.0361. The van der Waals surface area contributed by atoms with Crippen molar-refractivity contribution in [1.29, 1.82) is 0 Å². The number of ether oxygens (including phenoxy) is 1. The van der Waals surface area contributed by atoms with Crippen LogP contribution in [0.4, 0.5) is 0 Å². The van der Waals surface area contributed by atoms with Gasteiger partial charge in [-0.15, -0.1) is 0 Å².